The Morgan fingerprint density at radius 2 is 2.00 bits per heavy atom. The molecular formula is C13H12O5. The first-order valence-corrected chi connectivity index (χ1v) is 5.41. The van der Waals surface area contributed by atoms with Gasteiger partial charge in [0, 0.05) is 11.1 Å². The molecule has 1 aliphatic rings. The van der Waals surface area contributed by atoms with Crippen molar-refractivity contribution >= 4 is 11.8 Å². The maximum atomic E-state index is 12.0. The molecule has 94 valence electrons. The minimum atomic E-state index is -1.48. The van der Waals surface area contributed by atoms with Gasteiger partial charge < -0.3 is 14.9 Å². The number of hydrogen-bond donors (Lipinski definition) is 2. The Balaban J connectivity index is 2.47. The van der Waals surface area contributed by atoms with Crippen LogP contribution >= 0.6 is 0 Å². The highest BCUT2D eigenvalue weighted by molar-refractivity contribution is 6.13. The van der Waals surface area contributed by atoms with E-state index >= 15 is 0 Å². The van der Waals surface area contributed by atoms with Crippen LogP contribution in [0.1, 0.15) is 22.3 Å². The second-order valence-electron chi connectivity index (χ2n) is 3.98. The van der Waals surface area contributed by atoms with Crippen LogP contribution in [0.2, 0.25) is 0 Å². The van der Waals surface area contributed by atoms with Crippen LogP contribution in [0.25, 0.3) is 0 Å². The highest BCUT2D eigenvalue weighted by Crippen LogP contribution is 2.29. The Bertz CT molecular complexity index is 557. The second-order valence-corrected chi connectivity index (χ2v) is 3.98. The van der Waals surface area contributed by atoms with Gasteiger partial charge in [0.05, 0.1) is 7.11 Å². The second kappa shape index (κ2) is 4.52. The zero-order valence-electron chi connectivity index (χ0n) is 9.77. The molecule has 1 aromatic carbocycles. The van der Waals surface area contributed by atoms with Gasteiger partial charge in [0.15, 0.2) is 5.78 Å². The monoisotopic (exact) mass is 248 g/mol. The molecule has 5 heteroatoms. The number of Topliss-reactive ketones (excluding diaryl/α,β-unsaturated/α-hetero) is 1. The average molecular weight is 248 g/mol. The number of hydrogen-bond acceptors (Lipinski definition) is 4. The summed E-state index contributed by atoms with van der Waals surface area (Å²) in [7, 11) is 1.54. The van der Waals surface area contributed by atoms with Crippen molar-refractivity contribution in [3.63, 3.8) is 0 Å². The van der Waals surface area contributed by atoms with E-state index in [9.17, 15) is 14.7 Å². The predicted octanol–water partition coefficient (Wildman–Crippen LogP) is 1.72. The Morgan fingerprint density at radius 1 is 1.28 bits per heavy atom. The lowest BCUT2D eigenvalue weighted by Gasteiger charge is -2.18. The van der Waals surface area contributed by atoms with Crippen LogP contribution in [0.5, 0.6) is 5.75 Å². The molecule has 0 saturated heterocycles. The summed E-state index contributed by atoms with van der Waals surface area (Å²) in [6.45, 7) is 0. The maximum Gasteiger partial charge on any atom is 0.371 e. The SMILES string of the molecule is COc1ccc2c(c1)CC/C(=C(/O)C(=O)O)C2=O. The smallest absolute Gasteiger partial charge is 0.371 e. The molecule has 0 aliphatic heterocycles. The molecule has 2 N–H and O–H groups in total. The minimum absolute atomic E-state index is 0.0415. The molecule has 0 aromatic heterocycles. The number of allylic oxidation sites excluding steroid dienone is 1. The normalized spacial score (nSPS) is 17.1. The standard InChI is InChI=1S/C13H12O5/c1-18-8-3-5-9-7(6-8)2-4-10(11(9)14)12(15)13(16)17/h3,5-6,15H,2,4H2,1H3,(H,16,17)/b12-10-. The molecule has 0 saturated carbocycles. The van der Waals surface area contributed by atoms with Crippen molar-refractivity contribution in [3.8, 4) is 5.75 Å². The van der Waals surface area contributed by atoms with Gasteiger partial charge in [-0.1, -0.05) is 0 Å². The number of benzene rings is 1. The number of aryl methyl sites for hydroxylation is 1. The summed E-state index contributed by atoms with van der Waals surface area (Å²) >= 11 is 0. The molecule has 0 unspecified atom stereocenters. The Hall–Kier alpha value is -2.30. The molecular weight excluding hydrogens is 236 g/mol. The van der Waals surface area contributed by atoms with Crippen LogP contribution in [0.3, 0.4) is 0 Å². The molecule has 0 radical (unpaired) electrons. The third-order valence-electron chi connectivity index (χ3n) is 2.96. The van der Waals surface area contributed by atoms with Gasteiger partial charge in [0.25, 0.3) is 0 Å². The number of aliphatic hydroxyl groups is 1. The van der Waals surface area contributed by atoms with Gasteiger partial charge in [-0.05, 0) is 36.6 Å². The van der Waals surface area contributed by atoms with E-state index in [1.54, 1.807) is 18.2 Å². The van der Waals surface area contributed by atoms with E-state index in [0.717, 1.165) is 5.56 Å². The highest BCUT2D eigenvalue weighted by atomic mass is 16.5. The molecule has 0 spiro atoms. The Kier molecular flexibility index (Phi) is 3.06. The molecule has 18 heavy (non-hydrogen) atoms. The summed E-state index contributed by atoms with van der Waals surface area (Å²) in [6, 6.07) is 4.98. The molecule has 1 aliphatic carbocycles. The molecule has 1 aromatic rings. The van der Waals surface area contributed by atoms with Crippen LogP contribution in [0.4, 0.5) is 0 Å². The molecule has 0 atom stereocenters. The third-order valence-corrected chi connectivity index (χ3v) is 2.96. The van der Waals surface area contributed by atoms with Gasteiger partial charge in [-0.25, -0.2) is 4.79 Å². The largest absolute Gasteiger partial charge is 0.502 e. The van der Waals surface area contributed by atoms with Crippen molar-refractivity contribution in [2.24, 2.45) is 0 Å². The third kappa shape index (κ3) is 1.95. The molecule has 0 amide bonds. The minimum Gasteiger partial charge on any atom is -0.502 e. The van der Waals surface area contributed by atoms with Crippen LogP contribution in [-0.2, 0) is 11.2 Å². The summed E-state index contributed by atoms with van der Waals surface area (Å²) in [5, 5.41) is 18.1. The molecule has 0 fully saturated rings. The average Bonchev–Trinajstić information content (AvgIpc) is 2.37. The number of carbonyl (C=O) groups excluding carboxylic acids is 1. The lowest BCUT2D eigenvalue weighted by Crippen LogP contribution is -2.18. The fourth-order valence-electron chi connectivity index (χ4n) is 2.02. The van der Waals surface area contributed by atoms with Gasteiger partial charge in [-0.3, -0.25) is 4.79 Å². The molecule has 0 heterocycles. The highest BCUT2D eigenvalue weighted by Gasteiger charge is 2.27. The van der Waals surface area contributed by atoms with E-state index in [1.807, 2.05) is 0 Å². The number of carboxylic acid groups (broad SMARTS) is 1. The number of aliphatic hydroxyl groups excluding tert-OH is 1. The van der Waals surface area contributed by atoms with Crippen LogP contribution in [-0.4, -0.2) is 29.1 Å². The van der Waals surface area contributed by atoms with Crippen molar-refractivity contribution in [2.45, 2.75) is 12.8 Å². The topological polar surface area (TPSA) is 83.8 Å². The summed E-state index contributed by atoms with van der Waals surface area (Å²) in [5.74, 6) is -2.12. The van der Waals surface area contributed by atoms with E-state index in [0.29, 0.717) is 17.7 Å². The van der Waals surface area contributed by atoms with Crippen LogP contribution < -0.4 is 4.74 Å². The number of carbonyl (C=O) groups is 2. The molecule has 0 bridgehead atoms. The number of rotatable bonds is 2. The van der Waals surface area contributed by atoms with Gasteiger partial charge in [-0.2, -0.15) is 0 Å². The Morgan fingerprint density at radius 3 is 2.61 bits per heavy atom. The Labute approximate surface area is 103 Å². The summed E-state index contributed by atoms with van der Waals surface area (Å²) in [5.41, 5.74) is 1.19. The van der Waals surface area contributed by atoms with Crippen LogP contribution in [0, 0.1) is 0 Å². The number of carboxylic acids is 1. The van der Waals surface area contributed by atoms with Crippen molar-refractivity contribution in [2.75, 3.05) is 7.11 Å². The first-order valence-electron chi connectivity index (χ1n) is 5.41. The van der Waals surface area contributed by atoms with E-state index in [-0.39, 0.29) is 12.0 Å². The van der Waals surface area contributed by atoms with Gasteiger partial charge in [-0.15, -0.1) is 0 Å². The summed E-state index contributed by atoms with van der Waals surface area (Å²) in [6.07, 6.45) is 0.724. The fourth-order valence-corrected chi connectivity index (χ4v) is 2.02. The summed E-state index contributed by atoms with van der Waals surface area (Å²) in [4.78, 5) is 22.7. The number of ether oxygens (including phenoxy) is 1. The van der Waals surface area contributed by atoms with Gasteiger partial charge in [0.1, 0.15) is 5.75 Å². The lowest BCUT2D eigenvalue weighted by molar-refractivity contribution is -0.135. The van der Waals surface area contributed by atoms with Crippen molar-refractivity contribution in [1.82, 2.24) is 0 Å². The number of ketones is 1. The predicted molar refractivity (Wildman–Crippen MR) is 62.9 cm³/mol. The van der Waals surface area contributed by atoms with E-state index < -0.39 is 17.5 Å². The van der Waals surface area contributed by atoms with Crippen molar-refractivity contribution in [3.05, 3.63) is 40.7 Å². The van der Waals surface area contributed by atoms with E-state index in [1.165, 1.54) is 7.11 Å². The van der Waals surface area contributed by atoms with Gasteiger partial charge >= 0.3 is 5.97 Å². The number of fused-ring (bicyclic) bond motifs is 1. The van der Waals surface area contributed by atoms with Crippen molar-refractivity contribution in [1.29, 1.82) is 0 Å². The summed E-state index contributed by atoms with van der Waals surface area (Å²) < 4.78 is 5.06. The number of methoxy groups -OCH3 is 1. The van der Waals surface area contributed by atoms with Crippen molar-refractivity contribution < 1.29 is 24.5 Å². The van der Waals surface area contributed by atoms with E-state index in [2.05, 4.69) is 0 Å². The van der Waals surface area contributed by atoms with Crippen LogP contribution in [0.15, 0.2) is 29.5 Å². The van der Waals surface area contributed by atoms with Gasteiger partial charge in [0.2, 0.25) is 5.76 Å². The zero-order chi connectivity index (χ0) is 13.3. The zero-order valence-corrected chi connectivity index (χ0v) is 9.77. The molecule has 5 nitrogen and oxygen atoms in total. The molecule has 2 rings (SSSR count). The fraction of sp³-hybridized carbons (Fsp3) is 0.231. The first-order chi connectivity index (χ1) is 8.54. The first kappa shape index (κ1) is 12.2. The maximum absolute atomic E-state index is 12.0. The quantitative estimate of drug-likeness (QED) is 0.615. The number of aliphatic carboxylic acids is 1. The lowest BCUT2D eigenvalue weighted by atomic mass is 9.86. The van der Waals surface area contributed by atoms with E-state index in [4.69, 9.17) is 9.84 Å².